The van der Waals surface area contributed by atoms with Crippen molar-refractivity contribution in [1.29, 1.82) is 0 Å². The fourth-order valence-electron chi connectivity index (χ4n) is 2.72. The van der Waals surface area contributed by atoms with E-state index in [1.165, 1.54) is 18.2 Å². The van der Waals surface area contributed by atoms with Crippen molar-refractivity contribution >= 4 is 40.5 Å². The Morgan fingerprint density at radius 2 is 1.55 bits per heavy atom. The standard InChI is InChI=1S/C22H18N4O4S/c27-20(23-14-15-6-2-1-3-7-15)16-8-4-10-18(12-16)24-22(31)25-21(28)17-9-5-11-19(13-17)26(29)30/h1-13H,14H2,(H,23,27)(H2,24,25,28,31). The Hall–Kier alpha value is -4.11. The zero-order valence-corrected chi connectivity index (χ0v) is 17.0. The third-order valence-electron chi connectivity index (χ3n) is 4.22. The van der Waals surface area contributed by atoms with Crippen molar-refractivity contribution < 1.29 is 14.5 Å². The molecule has 2 amide bonds. The molecule has 0 aromatic heterocycles. The van der Waals surface area contributed by atoms with E-state index in [1.54, 1.807) is 24.3 Å². The number of anilines is 1. The van der Waals surface area contributed by atoms with Crippen LogP contribution in [0.2, 0.25) is 0 Å². The number of amides is 2. The number of thiocarbonyl (C=S) groups is 1. The lowest BCUT2D eigenvalue weighted by molar-refractivity contribution is -0.384. The van der Waals surface area contributed by atoms with Gasteiger partial charge >= 0.3 is 0 Å². The average molecular weight is 434 g/mol. The molecule has 8 nitrogen and oxygen atoms in total. The number of nitrogens with zero attached hydrogens (tertiary/aromatic N) is 1. The zero-order valence-electron chi connectivity index (χ0n) is 16.2. The molecule has 156 valence electrons. The molecule has 0 saturated heterocycles. The number of benzene rings is 3. The van der Waals surface area contributed by atoms with Gasteiger partial charge in [0.2, 0.25) is 0 Å². The Labute approximate surface area is 183 Å². The fraction of sp³-hybridized carbons (Fsp3) is 0.0455. The maximum absolute atomic E-state index is 12.4. The Morgan fingerprint density at radius 1 is 0.871 bits per heavy atom. The second-order valence-corrected chi connectivity index (χ2v) is 6.87. The van der Waals surface area contributed by atoms with E-state index in [1.807, 2.05) is 30.3 Å². The van der Waals surface area contributed by atoms with Crippen molar-refractivity contribution in [3.63, 3.8) is 0 Å². The summed E-state index contributed by atoms with van der Waals surface area (Å²) in [5, 5.41) is 19.0. The van der Waals surface area contributed by atoms with E-state index in [0.29, 0.717) is 17.8 Å². The summed E-state index contributed by atoms with van der Waals surface area (Å²) < 4.78 is 0. The number of nitro benzene ring substituents is 1. The molecule has 0 heterocycles. The molecule has 3 aromatic carbocycles. The number of nitrogens with one attached hydrogen (secondary N) is 3. The van der Waals surface area contributed by atoms with Gasteiger partial charge in [0.1, 0.15) is 0 Å². The number of hydrogen-bond donors (Lipinski definition) is 3. The lowest BCUT2D eigenvalue weighted by Crippen LogP contribution is -2.34. The van der Waals surface area contributed by atoms with E-state index in [-0.39, 0.29) is 22.3 Å². The van der Waals surface area contributed by atoms with Gasteiger partial charge in [-0.2, -0.15) is 0 Å². The van der Waals surface area contributed by atoms with Crippen molar-refractivity contribution in [2.45, 2.75) is 6.54 Å². The molecular formula is C22H18N4O4S. The Bertz CT molecular complexity index is 1140. The molecule has 0 saturated carbocycles. The largest absolute Gasteiger partial charge is 0.348 e. The van der Waals surface area contributed by atoms with Crippen molar-refractivity contribution in [2.24, 2.45) is 0 Å². The predicted octanol–water partition coefficient (Wildman–Crippen LogP) is 3.65. The lowest BCUT2D eigenvalue weighted by Gasteiger charge is -2.11. The second-order valence-electron chi connectivity index (χ2n) is 6.46. The lowest BCUT2D eigenvalue weighted by atomic mass is 10.1. The van der Waals surface area contributed by atoms with Crippen LogP contribution in [0.1, 0.15) is 26.3 Å². The van der Waals surface area contributed by atoms with Crippen LogP contribution in [0, 0.1) is 10.1 Å². The molecule has 0 unspecified atom stereocenters. The number of rotatable bonds is 6. The summed E-state index contributed by atoms with van der Waals surface area (Å²) in [6.45, 7) is 0.398. The number of non-ortho nitro benzene ring substituents is 1. The van der Waals surface area contributed by atoms with Gasteiger partial charge in [0.05, 0.1) is 4.92 Å². The highest BCUT2D eigenvalue weighted by molar-refractivity contribution is 7.80. The molecule has 0 aliphatic heterocycles. The Kier molecular flexibility index (Phi) is 7.02. The molecule has 31 heavy (non-hydrogen) atoms. The summed E-state index contributed by atoms with van der Waals surface area (Å²) in [5.41, 5.74) is 1.83. The minimum absolute atomic E-state index is 0.00153. The predicted molar refractivity (Wildman–Crippen MR) is 121 cm³/mol. The molecule has 0 aliphatic rings. The first-order valence-electron chi connectivity index (χ1n) is 9.21. The second kappa shape index (κ2) is 10.1. The van der Waals surface area contributed by atoms with E-state index >= 15 is 0 Å². The molecule has 0 fully saturated rings. The van der Waals surface area contributed by atoms with Crippen molar-refractivity contribution in [1.82, 2.24) is 10.6 Å². The first kappa shape index (κ1) is 21.6. The minimum Gasteiger partial charge on any atom is -0.348 e. The van der Waals surface area contributed by atoms with Crippen LogP contribution >= 0.6 is 12.2 Å². The van der Waals surface area contributed by atoms with Gasteiger partial charge in [0.25, 0.3) is 17.5 Å². The molecule has 3 N–H and O–H groups in total. The molecule has 3 rings (SSSR count). The van der Waals surface area contributed by atoms with Crippen LogP contribution in [0.5, 0.6) is 0 Å². The highest BCUT2D eigenvalue weighted by Gasteiger charge is 2.13. The number of nitro groups is 1. The molecule has 0 bridgehead atoms. The molecule has 0 spiro atoms. The third kappa shape index (κ3) is 6.18. The molecule has 0 atom stereocenters. The van der Waals surface area contributed by atoms with E-state index in [4.69, 9.17) is 12.2 Å². The summed E-state index contributed by atoms with van der Waals surface area (Å²) >= 11 is 5.14. The van der Waals surface area contributed by atoms with Gasteiger partial charge in [-0.3, -0.25) is 25.0 Å². The third-order valence-corrected chi connectivity index (χ3v) is 4.43. The first-order valence-corrected chi connectivity index (χ1v) is 9.62. The van der Waals surface area contributed by atoms with Crippen LogP contribution in [0.3, 0.4) is 0 Å². The quantitative estimate of drug-likeness (QED) is 0.310. The molecule has 0 radical (unpaired) electrons. The average Bonchev–Trinajstić information content (AvgIpc) is 2.78. The smallest absolute Gasteiger partial charge is 0.270 e. The van der Waals surface area contributed by atoms with Crippen molar-refractivity contribution in [3.8, 4) is 0 Å². The van der Waals surface area contributed by atoms with E-state index in [0.717, 1.165) is 11.6 Å². The van der Waals surface area contributed by atoms with Gasteiger partial charge in [-0.1, -0.05) is 42.5 Å². The summed E-state index contributed by atoms with van der Waals surface area (Å²) in [4.78, 5) is 35.0. The van der Waals surface area contributed by atoms with Crippen LogP contribution in [-0.2, 0) is 6.54 Å². The van der Waals surface area contributed by atoms with Crippen LogP contribution < -0.4 is 16.0 Å². The zero-order chi connectivity index (χ0) is 22.2. The van der Waals surface area contributed by atoms with Crippen LogP contribution in [0.4, 0.5) is 11.4 Å². The van der Waals surface area contributed by atoms with Crippen molar-refractivity contribution in [3.05, 3.63) is 106 Å². The summed E-state index contributed by atoms with van der Waals surface area (Å²) in [5.74, 6) is -0.836. The fourth-order valence-corrected chi connectivity index (χ4v) is 2.93. The van der Waals surface area contributed by atoms with Gasteiger partial charge in [-0.25, -0.2) is 0 Å². The van der Waals surface area contributed by atoms with E-state index in [9.17, 15) is 19.7 Å². The highest BCUT2D eigenvalue weighted by atomic mass is 32.1. The maximum atomic E-state index is 12.4. The van der Waals surface area contributed by atoms with Crippen LogP contribution in [0.25, 0.3) is 0 Å². The van der Waals surface area contributed by atoms with Gasteiger partial charge in [-0.15, -0.1) is 0 Å². The highest BCUT2D eigenvalue weighted by Crippen LogP contribution is 2.14. The molecule has 0 aliphatic carbocycles. The number of hydrogen-bond acceptors (Lipinski definition) is 5. The summed E-state index contributed by atoms with van der Waals surface area (Å²) in [7, 11) is 0. The van der Waals surface area contributed by atoms with Gasteiger partial charge in [0.15, 0.2) is 5.11 Å². The number of carbonyl (C=O) groups excluding carboxylic acids is 2. The van der Waals surface area contributed by atoms with Gasteiger partial charge in [-0.05, 0) is 42.0 Å². The Balaban J connectivity index is 1.59. The monoisotopic (exact) mass is 434 g/mol. The Morgan fingerprint density at radius 3 is 2.26 bits per heavy atom. The SMILES string of the molecule is O=C(NCc1ccccc1)c1cccc(NC(=S)NC(=O)c2cccc([N+](=O)[O-])c2)c1. The van der Waals surface area contributed by atoms with Crippen LogP contribution in [0.15, 0.2) is 78.9 Å². The van der Waals surface area contributed by atoms with E-state index in [2.05, 4.69) is 16.0 Å². The minimum atomic E-state index is -0.585. The maximum Gasteiger partial charge on any atom is 0.270 e. The summed E-state index contributed by atoms with van der Waals surface area (Å²) in [6, 6.07) is 21.5. The number of carbonyl (C=O) groups is 2. The van der Waals surface area contributed by atoms with Gasteiger partial charge in [0, 0.05) is 35.5 Å². The molecule has 3 aromatic rings. The molecular weight excluding hydrogens is 416 g/mol. The van der Waals surface area contributed by atoms with E-state index < -0.39 is 10.8 Å². The van der Waals surface area contributed by atoms with Crippen LogP contribution in [-0.4, -0.2) is 21.9 Å². The normalized spacial score (nSPS) is 10.1. The topological polar surface area (TPSA) is 113 Å². The summed E-state index contributed by atoms with van der Waals surface area (Å²) in [6.07, 6.45) is 0. The first-order chi connectivity index (χ1) is 14.9. The molecule has 9 heteroatoms. The van der Waals surface area contributed by atoms with Gasteiger partial charge < -0.3 is 10.6 Å². The van der Waals surface area contributed by atoms with Crippen molar-refractivity contribution in [2.75, 3.05) is 5.32 Å².